The van der Waals surface area contributed by atoms with Gasteiger partial charge in [-0.25, -0.2) is 0 Å². The molecule has 0 heterocycles. The molecule has 2 N–H and O–H groups in total. The molecule has 0 radical (unpaired) electrons. The first-order chi connectivity index (χ1) is 8.24. The lowest BCUT2D eigenvalue weighted by atomic mass is 9.79. The minimum absolute atomic E-state index is 0.521. The van der Waals surface area contributed by atoms with Gasteiger partial charge in [-0.05, 0) is 39.1 Å². The molecule has 3 heteroatoms. The van der Waals surface area contributed by atoms with Crippen LogP contribution in [0.15, 0.2) is 54.6 Å². The van der Waals surface area contributed by atoms with E-state index in [4.69, 9.17) is 10.0 Å². The fourth-order valence-electron chi connectivity index (χ4n) is 2.12. The van der Waals surface area contributed by atoms with E-state index in [0.29, 0.717) is 5.46 Å². The molecule has 17 heavy (non-hydrogen) atoms. The van der Waals surface area contributed by atoms with Crippen molar-refractivity contribution in [3.63, 3.8) is 0 Å². The van der Waals surface area contributed by atoms with Gasteiger partial charge in [0.25, 0.3) is 0 Å². The maximum absolute atomic E-state index is 9.15. The molecule has 0 atom stereocenters. The Kier molecular flexibility index (Phi) is 2.36. The zero-order valence-electron chi connectivity index (χ0n) is 9.17. The highest BCUT2D eigenvalue weighted by atomic mass is 16.4. The summed E-state index contributed by atoms with van der Waals surface area (Å²) >= 11 is 0. The van der Waals surface area contributed by atoms with Crippen LogP contribution < -0.4 is 5.46 Å². The maximum Gasteiger partial charge on any atom is 0.488 e. The van der Waals surface area contributed by atoms with Crippen LogP contribution in [-0.4, -0.2) is 17.2 Å². The minimum Gasteiger partial charge on any atom is -0.423 e. The zero-order valence-corrected chi connectivity index (χ0v) is 9.17. The third-order valence-corrected chi connectivity index (χ3v) is 3.03. The Morgan fingerprint density at radius 1 is 0.647 bits per heavy atom. The Balaban J connectivity index is 2.32. The van der Waals surface area contributed by atoms with Gasteiger partial charge in [0.05, 0.1) is 0 Å². The van der Waals surface area contributed by atoms with Crippen molar-refractivity contribution in [2.75, 3.05) is 0 Å². The lowest BCUT2D eigenvalue weighted by Crippen LogP contribution is -2.29. The van der Waals surface area contributed by atoms with Crippen molar-refractivity contribution in [3.8, 4) is 0 Å². The normalized spacial score (nSPS) is 10.9. The van der Waals surface area contributed by atoms with E-state index in [1.54, 1.807) is 6.07 Å². The van der Waals surface area contributed by atoms with Gasteiger partial charge in [0.15, 0.2) is 0 Å². The van der Waals surface area contributed by atoms with Crippen molar-refractivity contribution >= 4 is 34.1 Å². The maximum atomic E-state index is 9.15. The molecule has 2 nitrogen and oxygen atoms in total. The number of fused-ring (bicyclic) bond motifs is 2. The highest BCUT2D eigenvalue weighted by Crippen LogP contribution is 2.21. The van der Waals surface area contributed by atoms with Crippen molar-refractivity contribution in [2.24, 2.45) is 0 Å². The second-order valence-corrected chi connectivity index (χ2v) is 4.18. The van der Waals surface area contributed by atoms with Crippen LogP contribution in [0.5, 0.6) is 0 Å². The highest BCUT2D eigenvalue weighted by molar-refractivity contribution is 6.58. The van der Waals surface area contributed by atoms with E-state index in [2.05, 4.69) is 24.3 Å². The molecule has 0 bridgehead atoms. The molecule has 82 valence electrons. The molecular weight excluding hydrogens is 211 g/mol. The van der Waals surface area contributed by atoms with Crippen molar-refractivity contribution in [1.82, 2.24) is 0 Å². The van der Waals surface area contributed by atoms with Gasteiger partial charge < -0.3 is 10.0 Å². The summed E-state index contributed by atoms with van der Waals surface area (Å²) in [7, 11) is -1.41. The first kappa shape index (κ1) is 10.3. The SMILES string of the molecule is OB(O)c1ccc2cc3ccccc3cc2c1. The van der Waals surface area contributed by atoms with Gasteiger partial charge in [-0.1, -0.05) is 42.5 Å². The fourth-order valence-corrected chi connectivity index (χ4v) is 2.12. The van der Waals surface area contributed by atoms with E-state index in [9.17, 15) is 0 Å². The van der Waals surface area contributed by atoms with Crippen LogP contribution in [0, 0.1) is 0 Å². The van der Waals surface area contributed by atoms with E-state index >= 15 is 0 Å². The van der Waals surface area contributed by atoms with Crippen LogP contribution in [0.4, 0.5) is 0 Å². The van der Waals surface area contributed by atoms with Gasteiger partial charge in [0.2, 0.25) is 0 Å². The molecule has 0 aromatic heterocycles. The number of hydrogen-bond acceptors (Lipinski definition) is 2. The molecule has 0 aliphatic carbocycles. The summed E-state index contributed by atoms with van der Waals surface area (Å²) in [6.07, 6.45) is 0. The van der Waals surface area contributed by atoms with Crippen LogP contribution in [0.1, 0.15) is 0 Å². The van der Waals surface area contributed by atoms with Gasteiger partial charge in [-0.2, -0.15) is 0 Å². The summed E-state index contributed by atoms with van der Waals surface area (Å²) in [5, 5.41) is 22.8. The minimum atomic E-state index is -1.41. The van der Waals surface area contributed by atoms with Crippen molar-refractivity contribution in [1.29, 1.82) is 0 Å². The standard InChI is InChI=1S/C14H11BO2/c16-15(17)14-6-5-12-7-10-3-1-2-4-11(10)8-13(12)9-14/h1-9,16-17H. The molecule has 3 aromatic rings. The predicted molar refractivity (Wildman–Crippen MR) is 71.3 cm³/mol. The summed E-state index contributed by atoms with van der Waals surface area (Å²) in [6, 6.07) is 17.8. The van der Waals surface area contributed by atoms with Gasteiger partial charge in [-0.3, -0.25) is 0 Å². The van der Waals surface area contributed by atoms with Crippen LogP contribution in [-0.2, 0) is 0 Å². The fraction of sp³-hybridized carbons (Fsp3) is 0. The second kappa shape index (κ2) is 3.88. The quantitative estimate of drug-likeness (QED) is 0.485. The Morgan fingerprint density at radius 3 is 1.88 bits per heavy atom. The molecule has 3 rings (SSSR count). The largest absolute Gasteiger partial charge is 0.488 e. The van der Waals surface area contributed by atoms with E-state index in [-0.39, 0.29) is 0 Å². The van der Waals surface area contributed by atoms with E-state index in [1.165, 1.54) is 5.39 Å². The number of benzene rings is 3. The summed E-state index contributed by atoms with van der Waals surface area (Å²) < 4.78 is 0. The topological polar surface area (TPSA) is 40.5 Å². The highest BCUT2D eigenvalue weighted by Gasteiger charge is 2.10. The molecular formula is C14H11BO2. The van der Waals surface area contributed by atoms with E-state index in [0.717, 1.165) is 16.2 Å². The molecule has 0 fully saturated rings. The first-order valence-corrected chi connectivity index (χ1v) is 5.53. The molecule has 3 aromatic carbocycles. The molecule has 0 saturated carbocycles. The molecule has 0 saturated heterocycles. The van der Waals surface area contributed by atoms with E-state index in [1.807, 2.05) is 24.3 Å². The first-order valence-electron chi connectivity index (χ1n) is 5.53. The second-order valence-electron chi connectivity index (χ2n) is 4.18. The summed E-state index contributed by atoms with van der Waals surface area (Å²) in [5.74, 6) is 0. The monoisotopic (exact) mass is 222 g/mol. The number of rotatable bonds is 1. The third kappa shape index (κ3) is 1.80. The van der Waals surface area contributed by atoms with Crippen LogP contribution >= 0.6 is 0 Å². The zero-order chi connectivity index (χ0) is 11.8. The lowest BCUT2D eigenvalue weighted by Gasteiger charge is -2.05. The Bertz CT molecular complexity index is 692. The van der Waals surface area contributed by atoms with Gasteiger partial charge in [0.1, 0.15) is 0 Å². The summed E-state index contributed by atoms with van der Waals surface area (Å²) in [4.78, 5) is 0. The number of hydrogen-bond donors (Lipinski definition) is 2. The van der Waals surface area contributed by atoms with Gasteiger partial charge in [-0.15, -0.1) is 0 Å². The molecule has 0 spiro atoms. The smallest absolute Gasteiger partial charge is 0.423 e. The van der Waals surface area contributed by atoms with E-state index < -0.39 is 7.12 Å². The summed E-state index contributed by atoms with van der Waals surface area (Å²) in [6.45, 7) is 0. The molecule has 0 aliphatic rings. The van der Waals surface area contributed by atoms with Crippen LogP contribution in [0.25, 0.3) is 21.5 Å². The Hall–Kier alpha value is -1.84. The predicted octanol–water partition coefficient (Wildman–Crippen LogP) is 1.67. The summed E-state index contributed by atoms with van der Waals surface area (Å²) in [5.41, 5.74) is 0.521. The third-order valence-electron chi connectivity index (χ3n) is 3.03. The average Bonchev–Trinajstić information content (AvgIpc) is 2.35. The Labute approximate surface area is 99.3 Å². The Morgan fingerprint density at radius 2 is 1.24 bits per heavy atom. The average molecular weight is 222 g/mol. The van der Waals surface area contributed by atoms with Crippen molar-refractivity contribution in [3.05, 3.63) is 54.6 Å². The van der Waals surface area contributed by atoms with Gasteiger partial charge >= 0.3 is 7.12 Å². The lowest BCUT2D eigenvalue weighted by molar-refractivity contribution is 0.426. The molecule has 0 amide bonds. The van der Waals surface area contributed by atoms with Crippen LogP contribution in [0.2, 0.25) is 0 Å². The van der Waals surface area contributed by atoms with Gasteiger partial charge in [0, 0.05) is 0 Å². The molecule has 0 aliphatic heterocycles. The molecule has 0 unspecified atom stereocenters. The van der Waals surface area contributed by atoms with Crippen molar-refractivity contribution < 1.29 is 10.0 Å². The van der Waals surface area contributed by atoms with Crippen LogP contribution in [0.3, 0.4) is 0 Å². The van der Waals surface area contributed by atoms with Crippen molar-refractivity contribution in [2.45, 2.75) is 0 Å².